The number of aliphatic hydroxyl groups is 1. The van der Waals surface area contributed by atoms with Crippen LogP contribution in [-0.4, -0.2) is 29.4 Å². The molecule has 18 heavy (non-hydrogen) atoms. The fraction of sp³-hybridized carbons (Fsp3) is 0.500. The summed E-state index contributed by atoms with van der Waals surface area (Å²) in [4.78, 5) is 13.4. The molecule has 98 valence electrons. The second-order valence-corrected chi connectivity index (χ2v) is 5.74. The average molecular weight is 265 g/mol. The van der Waals surface area contributed by atoms with Crippen LogP contribution in [0.3, 0.4) is 0 Å². The predicted octanol–water partition coefficient (Wildman–Crippen LogP) is 2.15. The van der Waals surface area contributed by atoms with Gasteiger partial charge in [-0.05, 0) is 31.4 Å². The monoisotopic (exact) mass is 265 g/mol. The fourth-order valence-corrected chi connectivity index (χ4v) is 3.42. The first kappa shape index (κ1) is 13.4. The molecule has 0 spiro atoms. The second-order valence-electron chi connectivity index (χ2n) is 4.68. The lowest BCUT2D eigenvalue weighted by Gasteiger charge is -2.17. The van der Waals surface area contributed by atoms with Crippen LogP contribution in [0, 0.1) is 0 Å². The van der Waals surface area contributed by atoms with E-state index in [1.165, 1.54) is 4.90 Å². The van der Waals surface area contributed by atoms with Crippen molar-refractivity contribution in [2.75, 3.05) is 12.4 Å². The Balaban J connectivity index is 1.95. The fourth-order valence-electron chi connectivity index (χ4n) is 2.19. The van der Waals surface area contributed by atoms with Crippen LogP contribution in [0.5, 0.6) is 0 Å². The number of hydrogen-bond donors (Lipinski definition) is 2. The van der Waals surface area contributed by atoms with Crippen molar-refractivity contribution in [1.82, 2.24) is 5.32 Å². The first-order valence-corrected chi connectivity index (χ1v) is 7.34. The molecule has 0 bridgehead atoms. The molecule has 1 amide bonds. The molecule has 0 aliphatic carbocycles. The Labute approximate surface area is 112 Å². The minimum absolute atomic E-state index is 0.0252. The minimum atomic E-state index is -0.0252. The van der Waals surface area contributed by atoms with E-state index in [0.717, 1.165) is 24.2 Å². The van der Waals surface area contributed by atoms with Crippen LogP contribution in [0.25, 0.3) is 0 Å². The molecule has 2 N–H and O–H groups in total. The van der Waals surface area contributed by atoms with Gasteiger partial charge >= 0.3 is 0 Å². The molecule has 1 aromatic rings. The molecule has 1 heterocycles. The molecule has 4 heteroatoms. The van der Waals surface area contributed by atoms with E-state index in [9.17, 15) is 4.79 Å². The molecule has 2 atom stereocenters. The van der Waals surface area contributed by atoms with Gasteiger partial charge in [0.2, 0.25) is 5.91 Å². The van der Waals surface area contributed by atoms with Crippen molar-refractivity contribution in [3.05, 3.63) is 29.8 Å². The summed E-state index contributed by atoms with van der Waals surface area (Å²) in [6, 6.07) is 8.23. The largest absolute Gasteiger partial charge is 0.396 e. The number of carbonyl (C=O) groups is 1. The maximum absolute atomic E-state index is 12.2. The molecule has 2 rings (SSSR count). The number of benzene rings is 1. The lowest BCUT2D eigenvalue weighted by Crippen LogP contribution is -2.36. The molecule has 0 saturated heterocycles. The van der Waals surface area contributed by atoms with Gasteiger partial charge in [0.1, 0.15) is 0 Å². The Morgan fingerprint density at radius 1 is 1.56 bits per heavy atom. The Hall–Kier alpha value is -1.00. The molecule has 0 fully saturated rings. The molecule has 1 aliphatic heterocycles. The zero-order valence-electron chi connectivity index (χ0n) is 10.6. The Morgan fingerprint density at radius 3 is 3.11 bits per heavy atom. The van der Waals surface area contributed by atoms with Gasteiger partial charge in [0.15, 0.2) is 0 Å². The van der Waals surface area contributed by atoms with E-state index in [2.05, 4.69) is 11.4 Å². The number of aliphatic hydroxyl groups excluding tert-OH is 1. The van der Waals surface area contributed by atoms with Crippen molar-refractivity contribution in [3.63, 3.8) is 0 Å². The third-order valence-electron chi connectivity index (χ3n) is 3.20. The molecular formula is C14H19NO2S. The van der Waals surface area contributed by atoms with E-state index < -0.39 is 0 Å². The van der Waals surface area contributed by atoms with Crippen LogP contribution in [-0.2, 0) is 4.79 Å². The second kappa shape index (κ2) is 6.25. The highest BCUT2D eigenvalue weighted by Crippen LogP contribution is 2.39. The van der Waals surface area contributed by atoms with Gasteiger partial charge in [0, 0.05) is 23.3 Å². The molecular weight excluding hydrogens is 246 g/mol. The maximum atomic E-state index is 12.2. The summed E-state index contributed by atoms with van der Waals surface area (Å²) in [5.74, 6) is 0.915. The molecule has 1 aliphatic rings. The van der Waals surface area contributed by atoms with Gasteiger partial charge < -0.3 is 10.4 Å². The first-order chi connectivity index (χ1) is 8.72. The van der Waals surface area contributed by atoms with Gasteiger partial charge in [-0.1, -0.05) is 18.2 Å². The number of thioether (sulfide) groups is 1. The number of nitrogens with one attached hydrogen (secondary N) is 1. The topological polar surface area (TPSA) is 49.3 Å². The normalized spacial score (nSPS) is 19.3. The summed E-state index contributed by atoms with van der Waals surface area (Å²) in [6.45, 7) is 2.17. The summed E-state index contributed by atoms with van der Waals surface area (Å²) < 4.78 is 0. The van der Waals surface area contributed by atoms with Crippen molar-refractivity contribution in [2.45, 2.75) is 36.6 Å². The highest BCUT2D eigenvalue weighted by Gasteiger charge is 2.29. The molecule has 1 aromatic carbocycles. The van der Waals surface area contributed by atoms with Gasteiger partial charge in [-0.25, -0.2) is 0 Å². The summed E-state index contributed by atoms with van der Waals surface area (Å²) in [5, 5.41) is 11.8. The third kappa shape index (κ3) is 3.06. The van der Waals surface area contributed by atoms with Crippen LogP contribution < -0.4 is 5.32 Å². The predicted molar refractivity (Wildman–Crippen MR) is 73.8 cm³/mol. The van der Waals surface area contributed by atoms with Crippen molar-refractivity contribution in [1.29, 1.82) is 0 Å². The van der Waals surface area contributed by atoms with Crippen LogP contribution in [0.1, 0.15) is 31.2 Å². The van der Waals surface area contributed by atoms with Crippen LogP contribution in [0.15, 0.2) is 29.2 Å². The number of carbonyl (C=O) groups excluding carboxylic acids is 1. The van der Waals surface area contributed by atoms with E-state index in [0.29, 0.717) is 0 Å². The average Bonchev–Trinajstić information content (AvgIpc) is 2.80. The van der Waals surface area contributed by atoms with Crippen molar-refractivity contribution >= 4 is 17.7 Å². The molecule has 0 saturated carbocycles. The van der Waals surface area contributed by atoms with Gasteiger partial charge in [-0.15, -0.1) is 11.8 Å². The zero-order chi connectivity index (χ0) is 13.0. The lowest BCUT2D eigenvalue weighted by molar-refractivity contribution is -0.122. The standard InChI is InChI=1S/C14H19NO2S/c1-10(5-4-8-16)15-14(17)12-9-18-13-7-3-2-6-11(12)13/h2-3,6-7,10,12,16H,4-5,8-9H2,1H3,(H,15,17). The SMILES string of the molecule is CC(CCCO)NC(=O)C1CSc2ccccc21. The minimum Gasteiger partial charge on any atom is -0.396 e. The smallest absolute Gasteiger partial charge is 0.228 e. The maximum Gasteiger partial charge on any atom is 0.228 e. The van der Waals surface area contributed by atoms with Crippen LogP contribution in [0.2, 0.25) is 0 Å². The van der Waals surface area contributed by atoms with Gasteiger partial charge in [0.25, 0.3) is 0 Å². The summed E-state index contributed by atoms with van der Waals surface area (Å²) >= 11 is 1.75. The summed E-state index contributed by atoms with van der Waals surface area (Å²) in [7, 11) is 0. The highest BCUT2D eigenvalue weighted by molar-refractivity contribution is 7.99. The van der Waals surface area contributed by atoms with Crippen molar-refractivity contribution in [3.8, 4) is 0 Å². The van der Waals surface area contributed by atoms with E-state index in [1.54, 1.807) is 11.8 Å². The highest BCUT2D eigenvalue weighted by atomic mass is 32.2. The number of rotatable bonds is 5. The van der Waals surface area contributed by atoms with Gasteiger partial charge in [0.05, 0.1) is 5.92 Å². The van der Waals surface area contributed by atoms with Gasteiger partial charge in [-0.2, -0.15) is 0 Å². The molecule has 2 unspecified atom stereocenters. The summed E-state index contributed by atoms with van der Waals surface area (Å²) in [6.07, 6.45) is 1.56. The lowest BCUT2D eigenvalue weighted by atomic mass is 10.00. The molecule has 0 aromatic heterocycles. The molecule has 3 nitrogen and oxygen atoms in total. The van der Waals surface area contributed by atoms with Crippen molar-refractivity contribution < 1.29 is 9.90 Å². The number of amides is 1. The zero-order valence-corrected chi connectivity index (χ0v) is 11.4. The van der Waals surface area contributed by atoms with Gasteiger partial charge in [-0.3, -0.25) is 4.79 Å². The van der Waals surface area contributed by atoms with E-state index in [-0.39, 0.29) is 24.5 Å². The van der Waals surface area contributed by atoms with E-state index in [1.807, 2.05) is 25.1 Å². The summed E-state index contributed by atoms with van der Waals surface area (Å²) in [5.41, 5.74) is 1.15. The Bertz CT molecular complexity index is 422. The number of fused-ring (bicyclic) bond motifs is 1. The van der Waals surface area contributed by atoms with Crippen molar-refractivity contribution in [2.24, 2.45) is 0 Å². The third-order valence-corrected chi connectivity index (χ3v) is 4.38. The Morgan fingerprint density at radius 2 is 2.33 bits per heavy atom. The number of hydrogen-bond acceptors (Lipinski definition) is 3. The van der Waals surface area contributed by atoms with E-state index in [4.69, 9.17) is 5.11 Å². The van der Waals surface area contributed by atoms with Crippen LogP contribution >= 0.6 is 11.8 Å². The Kier molecular flexibility index (Phi) is 4.66. The molecule has 0 radical (unpaired) electrons. The first-order valence-electron chi connectivity index (χ1n) is 6.35. The quantitative estimate of drug-likeness (QED) is 0.857. The van der Waals surface area contributed by atoms with Crippen LogP contribution in [0.4, 0.5) is 0 Å². The van der Waals surface area contributed by atoms with E-state index >= 15 is 0 Å².